The molecule has 2 aliphatic heterocycles. The van der Waals surface area contributed by atoms with E-state index in [9.17, 15) is 17.6 Å². The summed E-state index contributed by atoms with van der Waals surface area (Å²) in [6.45, 7) is 1.46. The zero-order valence-electron chi connectivity index (χ0n) is 14.8. The van der Waals surface area contributed by atoms with Gasteiger partial charge in [0.05, 0.1) is 10.7 Å². The molecule has 0 spiro atoms. The summed E-state index contributed by atoms with van der Waals surface area (Å²) in [7, 11) is 0. The Hall–Kier alpha value is -3.14. The molecule has 150 valence electrons. The Morgan fingerprint density at radius 3 is 2.66 bits per heavy atom. The maximum absolute atomic E-state index is 13.5. The van der Waals surface area contributed by atoms with E-state index in [4.69, 9.17) is 17.3 Å². The number of pyridine rings is 1. The van der Waals surface area contributed by atoms with Gasteiger partial charge >= 0.3 is 6.18 Å². The largest absolute Gasteiger partial charge is 0.433 e. The molecule has 0 saturated carbocycles. The minimum atomic E-state index is -4.63. The minimum Gasteiger partial charge on any atom is -0.369 e. The topological polar surface area (TPSA) is 78.9 Å². The van der Waals surface area contributed by atoms with Gasteiger partial charge in [-0.3, -0.25) is 10.3 Å². The third-order valence-electron chi connectivity index (χ3n) is 4.42. The van der Waals surface area contributed by atoms with Gasteiger partial charge in [0.1, 0.15) is 17.8 Å². The molecule has 29 heavy (non-hydrogen) atoms. The van der Waals surface area contributed by atoms with E-state index in [0.717, 1.165) is 12.1 Å². The van der Waals surface area contributed by atoms with E-state index < -0.39 is 23.9 Å². The molecule has 0 bridgehead atoms. The number of hydrogen-bond acceptors (Lipinski definition) is 6. The lowest BCUT2D eigenvalue weighted by Crippen LogP contribution is -2.48. The summed E-state index contributed by atoms with van der Waals surface area (Å²) in [5, 5.41) is 3.98. The molecular weight excluding hydrogens is 412 g/mol. The first-order valence-electron chi connectivity index (χ1n) is 8.32. The number of fused-ring (bicyclic) bond motifs is 1. The zero-order chi connectivity index (χ0) is 20.9. The molecule has 2 aromatic rings. The lowest BCUT2D eigenvalue weighted by molar-refractivity contribution is -0.141. The maximum Gasteiger partial charge on any atom is 0.433 e. The first kappa shape index (κ1) is 19.2. The number of benzene rings is 1. The van der Waals surface area contributed by atoms with Gasteiger partial charge in [-0.25, -0.2) is 14.4 Å². The smallest absolute Gasteiger partial charge is 0.369 e. The van der Waals surface area contributed by atoms with Crippen LogP contribution in [0.15, 0.2) is 40.4 Å². The van der Waals surface area contributed by atoms with Crippen molar-refractivity contribution < 1.29 is 17.6 Å². The molecule has 0 fully saturated rings. The number of hydrazone groups is 1. The van der Waals surface area contributed by atoms with Crippen LogP contribution in [0.2, 0.25) is 5.02 Å². The quantitative estimate of drug-likeness (QED) is 0.722. The lowest BCUT2D eigenvalue weighted by Gasteiger charge is -2.31. The second kappa shape index (κ2) is 6.73. The van der Waals surface area contributed by atoms with Gasteiger partial charge in [-0.05, 0) is 42.8 Å². The van der Waals surface area contributed by atoms with Crippen LogP contribution in [-0.2, 0) is 6.18 Å². The molecule has 0 aliphatic carbocycles. The summed E-state index contributed by atoms with van der Waals surface area (Å²) < 4.78 is 53.5. The molecule has 3 N–H and O–H groups in total. The molecule has 0 saturated heterocycles. The van der Waals surface area contributed by atoms with Crippen molar-refractivity contribution in [1.29, 1.82) is 0 Å². The van der Waals surface area contributed by atoms with Crippen molar-refractivity contribution in [2.75, 3.05) is 0 Å². The van der Waals surface area contributed by atoms with Crippen LogP contribution in [0.3, 0.4) is 0 Å². The first-order valence-corrected chi connectivity index (χ1v) is 8.70. The predicted molar refractivity (Wildman–Crippen MR) is 101 cm³/mol. The van der Waals surface area contributed by atoms with Gasteiger partial charge < -0.3 is 5.73 Å². The van der Waals surface area contributed by atoms with Gasteiger partial charge in [0.25, 0.3) is 0 Å². The molecule has 0 amide bonds. The monoisotopic (exact) mass is 424 g/mol. The number of rotatable bonds is 2. The number of halogens is 5. The summed E-state index contributed by atoms with van der Waals surface area (Å²) >= 11 is 6.20. The number of nitrogens with two attached hydrogens (primary N) is 1. The van der Waals surface area contributed by atoms with Gasteiger partial charge in [-0.15, -0.1) is 0 Å². The molecule has 1 atom stereocenters. The van der Waals surface area contributed by atoms with Crippen molar-refractivity contribution >= 4 is 35.2 Å². The van der Waals surface area contributed by atoms with Crippen molar-refractivity contribution in [2.45, 2.75) is 19.3 Å². The fourth-order valence-electron chi connectivity index (χ4n) is 3.20. The molecule has 0 radical (unpaired) electrons. The van der Waals surface area contributed by atoms with Gasteiger partial charge in [0.2, 0.25) is 5.96 Å². The zero-order valence-corrected chi connectivity index (χ0v) is 15.6. The normalized spacial score (nSPS) is 18.6. The molecule has 4 rings (SSSR count). The highest BCUT2D eigenvalue weighted by Gasteiger charge is 2.38. The molecular formula is C18H13ClF4N6. The highest BCUT2D eigenvalue weighted by molar-refractivity contribution is 6.32. The van der Waals surface area contributed by atoms with Gasteiger partial charge in [-0.1, -0.05) is 11.6 Å². The Morgan fingerprint density at radius 2 is 1.97 bits per heavy atom. The second-order valence-electron chi connectivity index (χ2n) is 6.42. The molecule has 1 aromatic carbocycles. The van der Waals surface area contributed by atoms with E-state index in [1.807, 2.05) is 0 Å². The Morgan fingerprint density at radius 1 is 1.21 bits per heavy atom. The van der Waals surface area contributed by atoms with Crippen molar-refractivity contribution in [3.05, 3.63) is 63.7 Å². The molecule has 1 aromatic heterocycles. The van der Waals surface area contributed by atoms with Gasteiger partial charge in [0.15, 0.2) is 6.17 Å². The van der Waals surface area contributed by atoms with Gasteiger partial charge in [-0.2, -0.15) is 18.3 Å². The first-order chi connectivity index (χ1) is 13.6. The Kier molecular flexibility index (Phi) is 4.45. The highest BCUT2D eigenvalue weighted by atomic mass is 35.5. The number of nitrogens with one attached hydrogen (secondary N) is 1. The number of hydrogen-bond donors (Lipinski definition) is 2. The summed E-state index contributed by atoms with van der Waals surface area (Å²) in [6, 6.07) is 6.10. The van der Waals surface area contributed by atoms with Crippen LogP contribution in [0, 0.1) is 12.7 Å². The van der Waals surface area contributed by atoms with E-state index in [1.165, 1.54) is 36.4 Å². The van der Waals surface area contributed by atoms with Crippen molar-refractivity contribution in [2.24, 2.45) is 15.8 Å². The van der Waals surface area contributed by atoms with Crippen molar-refractivity contribution in [3.63, 3.8) is 0 Å². The fraction of sp³-hybridized carbons (Fsp3) is 0.167. The predicted octanol–water partition coefficient (Wildman–Crippen LogP) is 3.57. The van der Waals surface area contributed by atoms with Crippen molar-refractivity contribution in [1.82, 2.24) is 15.3 Å². The van der Waals surface area contributed by atoms with Crippen LogP contribution in [0.25, 0.3) is 11.3 Å². The minimum absolute atomic E-state index is 0.0447. The Labute approximate surface area is 167 Å². The summed E-state index contributed by atoms with van der Waals surface area (Å²) in [6.07, 6.45) is -3.97. The van der Waals surface area contributed by atoms with E-state index >= 15 is 0 Å². The average molecular weight is 425 g/mol. The summed E-state index contributed by atoms with van der Waals surface area (Å²) in [5.41, 5.74) is 9.02. The van der Waals surface area contributed by atoms with Crippen LogP contribution in [0.5, 0.6) is 0 Å². The number of alkyl halides is 3. The van der Waals surface area contributed by atoms with Crippen LogP contribution < -0.4 is 11.2 Å². The second-order valence-corrected chi connectivity index (χ2v) is 6.83. The molecule has 3 heterocycles. The molecule has 6 nitrogen and oxygen atoms in total. The van der Waals surface area contributed by atoms with Crippen LogP contribution in [0.1, 0.15) is 22.5 Å². The number of nitrogens with zero attached hydrogens (tertiary/aromatic N) is 4. The Balaban J connectivity index is 2.00. The van der Waals surface area contributed by atoms with E-state index in [-0.39, 0.29) is 27.9 Å². The number of aromatic nitrogens is 1. The third kappa shape index (κ3) is 3.39. The van der Waals surface area contributed by atoms with E-state index in [2.05, 4.69) is 20.5 Å². The molecule has 2 aliphatic rings. The van der Waals surface area contributed by atoms with E-state index in [0.29, 0.717) is 11.1 Å². The number of aliphatic imine (C=N–C) groups is 1. The third-order valence-corrected chi connectivity index (χ3v) is 4.73. The number of aryl methyl sites for hydroxylation is 1. The average Bonchev–Trinajstić information content (AvgIpc) is 3.10. The lowest BCUT2D eigenvalue weighted by atomic mass is 9.95. The van der Waals surface area contributed by atoms with Crippen molar-refractivity contribution in [3.8, 4) is 0 Å². The highest BCUT2D eigenvalue weighted by Crippen LogP contribution is 2.39. The molecule has 11 heteroatoms. The van der Waals surface area contributed by atoms with E-state index in [1.54, 1.807) is 0 Å². The van der Waals surface area contributed by atoms with Gasteiger partial charge in [0, 0.05) is 16.8 Å². The SMILES string of the molecule is Cc1cc(C2=C(c3ccc(F)cc3Cl)N=C(N)N3C=NNC23)cc(C(F)(F)F)n1. The fourth-order valence-corrected chi connectivity index (χ4v) is 3.46. The number of guanidine groups is 1. The van der Waals surface area contributed by atoms with Crippen LogP contribution in [0.4, 0.5) is 17.6 Å². The summed E-state index contributed by atoms with van der Waals surface area (Å²) in [5.74, 6) is -0.499. The summed E-state index contributed by atoms with van der Waals surface area (Å²) in [4.78, 5) is 9.38. The van der Waals surface area contributed by atoms with Crippen LogP contribution >= 0.6 is 11.6 Å². The standard InChI is InChI=1S/C18H13ClF4N6/c1-8-4-9(5-13(26-8)18(21,22)23)14-15(11-3-2-10(20)6-12(11)19)27-17(24)29-7-25-28-16(14)29/h2-7,16,28H,1H3,(H2,24,27). The van der Waals surface area contributed by atoms with Crippen LogP contribution in [-0.4, -0.2) is 28.3 Å². The Bertz CT molecular complexity index is 1090. The molecule has 1 unspecified atom stereocenters. The maximum atomic E-state index is 13.5.